The number of hydrogen-bond acceptors (Lipinski definition) is 0. The molecule has 0 aliphatic heterocycles. The lowest BCUT2D eigenvalue weighted by atomic mass is 10.2. The highest BCUT2D eigenvalue weighted by atomic mass is 127. The summed E-state index contributed by atoms with van der Waals surface area (Å²) in [5.41, 5.74) is 0. The zero-order chi connectivity index (χ0) is 6.24. The maximum atomic E-state index is 2.58. The molecule has 0 nitrogen and oxygen atoms in total. The van der Waals surface area contributed by atoms with E-state index in [0.717, 1.165) is 0 Å². The van der Waals surface area contributed by atoms with Crippen LogP contribution < -0.4 is 0 Å². The van der Waals surface area contributed by atoms with Crippen LogP contribution in [0.25, 0.3) is 0 Å². The third-order valence-electron chi connectivity index (χ3n) is 1.24. The van der Waals surface area contributed by atoms with Gasteiger partial charge in [0.15, 0.2) is 0 Å². The van der Waals surface area contributed by atoms with Gasteiger partial charge in [-0.15, -0.1) is 21.8 Å². The van der Waals surface area contributed by atoms with E-state index in [4.69, 9.17) is 0 Å². The van der Waals surface area contributed by atoms with Gasteiger partial charge in [-0.3, -0.25) is 0 Å². The molecule has 0 bridgehead atoms. The summed E-state index contributed by atoms with van der Waals surface area (Å²) in [6.07, 6.45) is 5.81. The van der Waals surface area contributed by atoms with Crippen LogP contribution in [0.5, 0.6) is 0 Å². The van der Waals surface area contributed by atoms with E-state index >= 15 is 0 Å². The lowest BCUT2D eigenvalue weighted by Crippen LogP contribution is -1.77. The Bertz CT molecular complexity index is 33.5. The van der Waals surface area contributed by atoms with Gasteiger partial charge in [-0.05, 0) is 0 Å². The summed E-state index contributed by atoms with van der Waals surface area (Å²) in [6, 6.07) is 1.56. The minimum Gasteiger partial charge on any atom is -0.128 e. The normalized spacial score (nSPS) is 11.2. The van der Waals surface area contributed by atoms with Gasteiger partial charge in [-0.2, -0.15) is 0 Å². The van der Waals surface area contributed by atoms with E-state index in [1.54, 1.807) is 6.04 Å². The van der Waals surface area contributed by atoms with Crippen molar-refractivity contribution in [3.8, 4) is 0 Å². The van der Waals surface area contributed by atoms with Gasteiger partial charge in [-0.25, -0.2) is 0 Å². The number of unbranched alkanes of at least 4 members (excludes halogenated alkanes) is 3. The van der Waals surface area contributed by atoms with Crippen LogP contribution in [0.15, 0.2) is 0 Å². The van der Waals surface area contributed by atoms with Gasteiger partial charge >= 0.3 is 0 Å². The fourth-order valence-corrected chi connectivity index (χ4v) is 2.86. The van der Waals surface area contributed by atoms with E-state index in [2.05, 4.69) is 28.7 Å². The Labute approximate surface area is 67.5 Å². The van der Waals surface area contributed by atoms with Crippen LogP contribution in [0.2, 0.25) is 6.04 Å². The summed E-state index contributed by atoms with van der Waals surface area (Å²) in [6.45, 7) is 2.27. The first-order valence-electron chi connectivity index (χ1n) is 3.47. The van der Waals surface area contributed by atoms with Crippen LogP contribution in [0.4, 0.5) is 0 Å². The predicted octanol–water partition coefficient (Wildman–Crippen LogP) is 2.50. The first kappa shape index (κ1) is 8.95. The standard InChI is InChI=1S/C6H15ISi/c1-2-3-4-5-6-8-7/h2-6,8H2,1H3. The van der Waals surface area contributed by atoms with E-state index in [0.29, 0.717) is 7.02 Å². The van der Waals surface area contributed by atoms with E-state index in [1.807, 2.05) is 0 Å². The summed E-state index contributed by atoms with van der Waals surface area (Å²) < 4.78 is 0. The highest BCUT2D eigenvalue weighted by Crippen LogP contribution is 2.03. The van der Waals surface area contributed by atoms with Crippen LogP contribution in [-0.2, 0) is 0 Å². The topological polar surface area (TPSA) is 0 Å². The van der Waals surface area contributed by atoms with Crippen LogP contribution >= 0.6 is 21.8 Å². The van der Waals surface area contributed by atoms with E-state index < -0.39 is 0 Å². The Kier molecular flexibility index (Phi) is 8.89. The Morgan fingerprint density at radius 2 is 2.00 bits per heavy atom. The largest absolute Gasteiger partial charge is 0.128 e. The summed E-state index contributed by atoms with van der Waals surface area (Å²) in [5, 5.41) is 0. The number of hydrogen-bond donors (Lipinski definition) is 0. The van der Waals surface area contributed by atoms with Crippen molar-refractivity contribution in [3.05, 3.63) is 0 Å². The maximum Gasteiger partial charge on any atom is 0.0938 e. The highest BCUT2D eigenvalue weighted by Gasteiger charge is 1.84. The average molecular weight is 242 g/mol. The first-order valence-corrected chi connectivity index (χ1v) is 9.59. The second-order valence-corrected chi connectivity index (χ2v) is 6.42. The van der Waals surface area contributed by atoms with E-state index in [1.165, 1.54) is 25.7 Å². The molecule has 0 atom stereocenters. The molecule has 0 spiro atoms. The van der Waals surface area contributed by atoms with Gasteiger partial charge in [0.1, 0.15) is 0 Å². The van der Waals surface area contributed by atoms with Crippen molar-refractivity contribution < 1.29 is 0 Å². The Morgan fingerprint density at radius 1 is 1.25 bits per heavy atom. The van der Waals surface area contributed by atoms with Gasteiger partial charge in [0.05, 0.1) is 7.02 Å². The molecule has 0 aromatic carbocycles. The molecule has 0 saturated heterocycles. The highest BCUT2D eigenvalue weighted by molar-refractivity contribution is 14.1. The molecule has 0 saturated carbocycles. The maximum absolute atomic E-state index is 2.58. The molecule has 0 aromatic rings. The van der Waals surface area contributed by atoms with Gasteiger partial charge < -0.3 is 0 Å². The van der Waals surface area contributed by atoms with Crippen LogP contribution in [0.3, 0.4) is 0 Å². The SMILES string of the molecule is CCCCCC[SiH2]I. The zero-order valence-electron chi connectivity index (χ0n) is 5.62. The summed E-state index contributed by atoms with van der Waals surface area (Å²) in [5.74, 6) is 0. The van der Waals surface area contributed by atoms with Crippen molar-refractivity contribution in [3.63, 3.8) is 0 Å². The molecular weight excluding hydrogens is 227 g/mol. The number of halogens is 1. The summed E-state index contributed by atoms with van der Waals surface area (Å²) in [4.78, 5) is 0. The van der Waals surface area contributed by atoms with Crippen molar-refractivity contribution in [1.82, 2.24) is 0 Å². The summed E-state index contributed by atoms with van der Waals surface area (Å²) >= 11 is 2.58. The van der Waals surface area contributed by atoms with Crippen molar-refractivity contribution in [2.45, 2.75) is 38.7 Å². The smallest absolute Gasteiger partial charge is 0.0938 e. The molecule has 2 heteroatoms. The van der Waals surface area contributed by atoms with Gasteiger partial charge in [0, 0.05) is 0 Å². The average Bonchev–Trinajstić information content (AvgIpc) is 1.81. The molecule has 0 aliphatic carbocycles. The fraction of sp³-hybridized carbons (Fsp3) is 1.00. The molecule has 0 aromatic heterocycles. The summed E-state index contributed by atoms with van der Waals surface area (Å²) in [7, 11) is 0.356. The van der Waals surface area contributed by atoms with Crippen molar-refractivity contribution in [1.29, 1.82) is 0 Å². The molecule has 8 heavy (non-hydrogen) atoms. The fourth-order valence-electron chi connectivity index (χ4n) is 0.698. The predicted molar refractivity (Wildman–Crippen MR) is 51.5 cm³/mol. The number of rotatable bonds is 5. The molecule has 0 heterocycles. The lowest BCUT2D eigenvalue weighted by molar-refractivity contribution is 0.701. The Hall–Kier alpha value is 0.947. The molecule has 0 unspecified atom stereocenters. The van der Waals surface area contributed by atoms with Crippen LogP contribution in [0.1, 0.15) is 32.6 Å². The molecule has 0 rings (SSSR count). The molecule has 0 fully saturated rings. The molecule has 50 valence electrons. The monoisotopic (exact) mass is 242 g/mol. The zero-order valence-corrected chi connectivity index (χ0v) is 9.19. The molecule has 0 aliphatic rings. The van der Waals surface area contributed by atoms with Gasteiger partial charge in [-0.1, -0.05) is 38.7 Å². The van der Waals surface area contributed by atoms with Crippen LogP contribution in [-0.4, -0.2) is 7.02 Å². The molecule has 0 N–H and O–H groups in total. The van der Waals surface area contributed by atoms with Crippen molar-refractivity contribution >= 4 is 28.8 Å². The second-order valence-electron chi connectivity index (χ2n) is 2.10. The van der Waals surface area contributed by atoms with Crippen molar-refractivity contribution in [2.24, 2.45) is 0 Å². The third-order valence-corrected chi connectivity index (χ3v) is 4.29. The third kappa shape index (κ3) is 6.95. The van der Waals surface area contributed by atoms with E-state index in [9.17, 15) is 0 Å². The first-order chi connectivity index (χ1) is 3.91. The Morgan fingerprint density at radius 3 is 2.50 bits per heavy atom. The quantitative estimate of drug-likeness (QED) is 0.301. The van der Waals surface area contributed by atoms with E-state index in [-0.39, 0.29) is 0 Å². The van der Waals surface area contributed by atoms with Crippen molar-refractivity contribution in [2.75, 3.05) is 0 Å². The Balaban J connectivity index is 2.53. The minimum atomic E-state index is 0.356. The van der Waals surface area contributed by atoms with Crippen LogP contribution in [0, 0.1) is 0 Å². The minimum absolute atomic E-state index is 0.356. The molecular formula is C6H15ISi. The lowest BCUT2D eigenvalue weighted by Gasteiger charge is -1.92. The van der Waals surface area contributed by atoms with Gasteiger partial charge in [0.25, 0.3) is 0 Å². The molecule has 0 amide bonds. The van der Waals surface area contributed by atoms with Gasteiger partial charge in [0.2, 0.25) is 0 Å². The second kappa shape index (κ2) is 7.95. The molecule has 0 radical (unpaired) electrons.